The maximum Gasteiger partial charge on any atom is 0.343 e. The Morgan fingerprint density at radius 2 is 1.43 bits per heavy atom. The van der Waals surface area contributed by atoms with E-state index >= 15 is 0 Å². The van der Waals surface area contributed by atoms with Crippen LogP contribution in [-0.4, -0.2) is 33.1 Å². The minimum atomic E-state index is -0.478. The molecule has 0 spiro atoms. The van der Waals surface area contributed by atoms with E-state index in [1.54, 1.807) is 61.7 Å². The molecule has 0 aromatic heterocycles. The van der Waals surface area contributed by atoms with Crippen LogP contribution in [0.1, 0.15) is 52.6 Å². The van der Waals surface area contributed by atoms with Gasteiger partial charge in [0, 0.05) is 6.07 Å². The molecule has 0 atom stereocenters. The van der Waals surface area contributed by atoms with Gasteiger partial charge in [0.2, 0.25) is 0 Å². The highest BCUT2D eigenvalue weighted by molar-refractivity contribution is 6.08. The molecule has 6 heteroatoms. The van der Waals surface area contributed by atoms with Crippen molar-refractivity contribution in [1.82, 2.24) is 0 Å². The number of hydrogen-bond donors (Lipinski definition) is 0. The number of ketones is 1. The summed E-state index contributed by atoms with van der Waals surface area (Å²) in [6, 6.07) is 17.4. The van der Waals surface area contributed by atoms with Gasteiger partial charge in [-0.15, -0.1) is 0 Å². The van der Waals surface area contributed by atoms with Crippen LogP contribution in [0.2, 0.25) is 0 Å². The fraction of sp³-hybridized carbons (Fsp3) is 0.241. The first-order valence-electron chi connectivity index (χ1n) is 11.1. The van der Waals surface area contributed by atoms with Crippen LogP contribution in [0.15, 0.2) is 66.7 Å². The summed E-state index contributed by atoms with van der Waals surface area (Å²) in [4.78, 5) is 25.3. The van der Waals surface area contributed by atoms with Gasteiger partial charge in [-0.25, -0.2) is 4.79 Å². The minimum Gasteiger partial charge on any atom is -0.497 e. The van der Waals surface area contributed by atoms with E-state index in [1.807, 2.05) is 12.1 Å². The molecule has 0 bridgehead atoms. The first-order valence-corrected chi connectivity index (χ1v) is 11.1. The second-order valence-corrected chi connectivity index (χ2v) is 8.89. The van der Waals surface area contributed by atoms with Crippen molar-refractivity contribution in [3.05, 3.63) is 89.0 Å². The number of benzene rings is 3. The van der Waals surface area contributed by atoms with Crippen molar-refractivity contribution in [3.8, 4) is 23.0 Å². The second-order valence-electron chi connectivity index (χ2n) is 8.89. The molecule has 0 heterocycles. The Hall–Kier alpha value is -4.06. The summed E-state index contributed by atoms with van der Waals surface area (Å²) >= 11 is 0. The Kier molecular flexibility index (Phi) is 7.97. The molecule has 0 radical (unpaired) electrons. The highest BCUT2D eigenvalue weighted by atomic mass is 16.6. The average molecular weight is 475 g/mol. The lowest BCUT2D eigenvalue weighted by Gasteiger charge is -2.19. The van der Waals surface area contributed by atoms with Crippen molar-refractivity contribution in [2.75, 3.05) is 21.3 Å². The summed E-state index contributed by atoms with van der Waals surface area (Å²) in [6.45, 7) is 6.34. The number of carbonyl (C=O) groups excluding carboxylic acids is 2. The Morgan fingerprint density at radius 3 is 2.03 bits per heavy atom. The number of esters is 1. The minimum absolute atomic E-state index is 0.00507. The molecule has 0 amide bonds. The summed E-state index contributed by atoms with van der Waals surface area (Å²) in [5.41, 5.74) is 2.69. The maximum absolute atomic E-state index is 12.7. The lowest BCUT2D eigenvalue weighted by Crippen LogP contribution is -2.13. The molecule has 35 heavy (non-hydrogen) atoms. The Labute approximate surface area is 206 Å². The van der Waals surface area contributed by atoms with Crippen molar-refractivity contribution in [3.63, 3.8) is 0 Å². The van der Waals surface area contributed by atoms with E-state index in [1.165, 1.54) is 20.3 Å². The van der Waals surface area contributed by atoms with Crippen LogP contribution in [-0.2, 0) is 5.41 Å². The number of ether oxygens (including phenoxy) is 4. The normalized spacial score (nSPS) is 11.3. The first-order chi connectivity index (χ1) is 16.7. The maximum atomic E-state index is 12.7. The van der Waals surface area contributed by atoms with Crippen LogP contribution in [0.3, 0.4) is 0 Å². The summed E-state index contributed by atoms with van der Waals surface area (Å²) in [7, 11) is 4.54. The molecule has 0 fully saturated rings. The van der Waals surface area contributed by atoms with Gasteiger partial charge in [0.15, 0.2) is 17.3 Å². The smallest absolute Gasteiger partial charge is 0.343 e. The quantitative estimate of drug-likeness (QED) is 0.169. The number of rotatable bonds is 8. The van der Waals surface area contributed by atoms with Crippen molar-refractivity contribution in [2.24, 2.45) is 0 Å². The molecule has 6 nitrogen and oxygen atoms in total. The fourth-order valence-corrected chi connectivity index (χ4v) is 3.40. The van der Waals surface area contributed by atoms with Gasteiger partial charge in [0.25, 0.3) is 0 Å². The number of carbonyl (C=O) groups is 2. The molecule has 0 saturated heterocycles. The molecule has 3 aromatic rings. The Bertz CT molecular complexity index is 1230. The summed E-state index contributed by atoms with van der Waals surface area (Å²) < 4.78 is 21.5. The number of allylic oxidation sites excluding steroid dienone is 1. The van der Waals surface area contributed by atoms with Gasteiger partial charge in [0.05, 0.1) is 32.5 Å². The van der Waals surface area contributed by atoms with Gasteiger partial charge in [-0.1, -0.05) is 45.0 Å². The summed E-state index contributed by atoms with van der Waals surface area (Å²) in [6.07, 6.45) is 3.10. The van der Waals surface area contributed by atoms with Crippen LogP contribution < -0.4 is 18.9 Å². The third kappa shape index (κ3) is 6.29. The highest BCUT2D eigenvalue weighted by Gasteiger charge is 2.17. The molecule has 3 rings (SSSR count). The van der Waals surface area contributed by atoms with E-state index in [0.717, 1.165) is 5.56 Å². The molecular weight excluding hydrogens is 444 g/mol. The molecular formula is C29H30O6. The average Bonchev–Trinajstić information content (AvgIpc) is 2.86. The van der Waals surface area contributed by atoms with Crippen molar-refractivity contribution in [2.45, 2.75) is 26.2 Å². The van der Waals surface area contributed by atoms with Crippen molar-refractivity contribution < 1.29 is 28.5 Å². The largest absolute Gasteiger partial charge is 0.497 e. The fourth-order valence-electron chi connectivity index (χ4n) is 3.40. The predicted octanol–water partition coefficient (Wildman–Crippen LogP) is 6.13. The van der Waals surface area contributed by atoms with Crippen LogP contribution in [0.4, 0.5) is 0 Å². The Morgan fingerprint density at radius 1 is 0.743 bits per heavy atom. The lowest BCUT2D eigenvalue weighted by molar-refractivity contribution is 0.0729. The van der Waals surface area contributed by atoms with Crippen LogP contribution in [0, 0.1) is 0 Å². The van der Waals surface area contributed by atoms with E-state index in [2.05, 4.69) is 20.8 Å². The molecule has 0 aliphatic carbocycles. The molecule has 0 aliphatic rings. The van der Waals surface area contributed by atoms with E-state index in [4.69, 9.17) is 18.9 Å². The van der Waals surface area contributed by atoms with E-state index < -0.39 is 5.97 Å². The Balaban J connectivity index is 1.75. The summed E-state index contributed by atoms with van der Waals surface area (Å²) in [5, 5.41) is 0. The summed E-state index contributed by atoms with van der Waals surface area (Å²) in [5.74, 6) is 0.988. The van der Waals surface area contributed by atoms with Crippen molar-refractivity contribution in [1.29, 1.82) is 0 Å². The molecule has 0 unspecified atom stereocenters. The van der Waals surface area contributed by atoms with Gasteiger partial charge < -0.3 is 18.9 Å². The van der Waals surface area contributed by atoms with Gasteiger partial charge in [0.1, 0.15) is 11.5 Å². The zero-order chi connectivity index (χ0) is 25.6. The van der Waals surface area contributed by atoms with E-state index in [9.17, 15) is 9.59 Å². The standard InChI is InChI=1S/C29H30O6/c1-29(2,3)21-11-9-20(10-12-21)28(31)35-25-16-8-19(17-27(25)34-6)7-15-24(30)23-14-13-22(32-4)18-26(23)33-5/h7-18H,1-6H3. The predicted molar refractivity (Wildman–Crippen MR) is 136 cm³/mol. The molecule has 0 N–H and O–H groups in total. The molecule has 182 valence electrons. The third-order valence-electron chi connectivity index (χ3n) is 5.48. The van der Waals surface area contributed by atoms with Gasteiger partial charge >= 0.3 is 5.97 Å². The second kappa shape index (κ2) is 10.9. The van der Waals surface area contributed by atoms with E-state index in [0.29, 0.717) is 33.9 Å². The zero-order valence-electron chi connectivity index (χ0n) is 20.9. The molecule has 3 aromatic carbocycles. The zero-order valence-corrected chi connectivity index (χ0v) is 20.9. The first kappa shape index (κ1) is 25.6. The third-order valence-corrected chi connectivity index (χ3v) is 5.48. The van der Waals surface area contributed by atoms with Gasteiger partial charge in [-0.3, -0.25) is 4.79 Å². The van der Waals surface area contributed by atoms with Crippen LogP contribution in [0.5, 0.6) is 23.0 Å². The number of hydrogen-bond acceptors (Lipinski definition) is 6. The van der Waals surface area contributed by atoms with E-state index in [-0.39, 0.29) is 16.9 Å². The van der Waals surface area contributed by atoms with Crippen molar-refractivity contribution >= 4 is 17.8 Å². The topological polar surface area (TPSA) is 71.1 Å². The van der Waals surface area contributed by atoms with Gasteiger partial charge in [-0.05, 0) is 59.0 Å². The monoisotopic (exact) mass is 474 g/mol. The SMILES string of the molecule is COc1ccc(C(=O)C=Cc2ccc(OC(=O)c3ccc(C(C)(C)C)cc3)c(OC)c2)c(OC)c1. The highest BCUT2D eigenvalue weighted by Crippen LogP contribution is 2.30. The lowest BCUT2D eigenvalue weighted by atomic mass is 9.87. The van der Waals surface area contributed by atoms with Crippen LogP contribution >= 0.6 is 0 Å². The molecule has 0 aliphatic heterocycles. The van der Waals surface area contributed by atoms with Gasteiger partial charge in [-0.2, -0.15) is 0 Å². The number of methoxy groups -OCH3 is 3. The molecule has 0 saturated carbocycles. The van der Waals surface area contributed by atoms with Crippen LogP contribution in [0.25, 0.3) is 6.08 Å².